The average Bonchev–Trinajstić information content (AvgIpc) is 2.45. The fourth-order valence-electron chi connectivity index (χ4n) is 1.82. The maximum Gasteiger partial charge on any atom is 0.307 e. The van der Waals surface area contributed by atoms with Gasteiger partial charge < -0.3 is 15.2 Å². The number of carbonyl (C=O) groups excluding carboxylic acids is 2. The van der Waals surface area contributed by atoms with Crippen molar-refractivity contribution in [3.63, 3.8) is 0 Å². The predicted molar refractivity (Wildman–Crippen MR) is 75.6 cm³/mol. The van der Waals surface area contributed by atoms with E-state index in [-0.39, 0.29) is 18.7 Å². The Labute approximate surface area is 123 Å². The molecular formula is C15H20FNO4. The molecule has 0 bridgehead atoms. The third-order valence-corrected chi connectivity index (χ3v) is 3.02. The molecule has 0 amide bonds. The van der Waals surface area contributed by atoms with Crippen molar-refractivity contribution in [2.75, 3.05) is 13.7 Å². The predicted octanol–water partition coefficient (Wildman–Crippen LogP) is 1.22. The number of carbonyl (C=O) groups is 2. The maximum atomic E-state index is 13.2. The van der Waals surface area contributed by atoms with E-state index in [1.165, 1.54) is 25.3 Å². The van der Waals surface area contributed by atoms with E-state index in [2.05, 4.69) is 10.1 Å². The van der Waals surface area contributed by atoms with Crippen LogP contribution in [0.5, 0.6) is 0 Å². The molecule has 1 aromatic carbocycles. The van der Waals surface area contributed by atoms with Crippen LogP contribution in [0.4, 0.5) is 4.39 Å². The van der Waals surface area contributed by atoms with Crippen LogP contribution in [0, 0.1) is 12.7 Å². The molecule has 2 atom stereocenters. The van der Waals surface area contributed by atoms with E-state index in [0.717, 1.165) is 0 Å². The van der Waals surface area contributed by atoms with Crippen LogP contribution in [-0.2, 0) is 9.53 Å². The first-order valence-corrected chi connectivity index (χ1v) is 6.63. The first-order chi connectivity index (χ1) is 9.85. The summed E-state index contributed by atoms with van der Waals surface area (Å²) in [5, 5.41) is 12.1. The van der Waals surface area contributed by atoms with Gasteiger partial charge in [0.25, 0.3) is 0 Å². The molecule has 0 radical (unpaired) electrons. The fourth-order valence-corrected chi connectivity index (χ4v) is 1.82. The zero-order chi connectivity index (χ0) is 16.0. The molecule has 1 rings (SSSR count). The molecule has 0 heterocycles. The van der Waals surface area contributed by atoms with Gasteiger partial charge in [0.05, 0.1) is 25.7 Å². The first kappa shape index (κ1) is 17.3. The monoisotopic (exact) mass is 297 g/mol. The zero-order valence-corrected chi connectivity index (χ0v) is 12.4. The number of halogens is 1. The highest BCUT2D eigenvalue weighted by Crippen LogP contribution is 2.13. The third-order valence-electron chi connectivity index (χ3n) is 3.02. The molecule has 2 N–H and O–H groups in total. The van der Waals surface area contributed by atoms with E-state index in [1.807, 2.05) is 0 Å². The Balaban J connectivity index is 2.91. The summed E-state index contributed by atoms with van der Waals surface area (Å²) in [7, 11) is 1.24. The largest absolute Gasteiger partial charge is 0.469 e. The molecule has 21 heavy (non-hydrogen) atoms. The molecule has 0 aliphatic carbocycles. The second-order valence-electron chi connectivity index (χ2n) is 4.92. The lowest BCUT2D eigenvalue weighted by Gasteiger charge is -2.18. The van der Waals surface area contributed by atoms with Crippen LogP contribution in [0.1, 0.15) is 29.3 Å². The third kappa shape index (κ3) is 5.24. The van der Waals surface area contributed by atoms with Gasteiger partial charge >= 0.3 is 5.97 Å². The Hall–Kier alpha value is -1.79. The first-order valence-electron chi connectivity index (χ1n) is 6.63. The Bertz CT molecular complexity index is 516. The van der Waals surface area contributed by atoms with Gasteiger partial charge in [0.2, 0.25) is 0 Å². The SMILES string of the molecule is COC(=O)CC(NCC(C)O)C(=O)c1ccc(F)c(C)c1. The molecule has 6 heteroatoms. The van der Waals surface area contributed by atoms with Crippen LogP contribution < -0.4 is 5.32 Å². The quantitative estimate of drug-likeness (QED) is 0.584. The maximum absolute atomic E-state index is 13.2. The number of ketones is 1. The van der Waals surface area contributed by atoms with Crippen LogP contribution in [-0.4, -0.2) is 42.7 Å². The van der Waals surface area contributed by atoms with Gasteiger partial charge in [-0.05, 0) is 37.6 Å². The minimum Gasteiger partial charge on any atom is -0.469 e. The van der Waals surface area contributed by atoms with Crippen molar-refractivity contribution < 1.29 is 23.8 Å². The number of esters is 1. The van der Waals surface area contributed by atoms with Crippen molar-refractivity contribution in [1.29, 1.82) is 0 Å². The second-order valence-corrected chi connectivity index (χ2v) is 4.92. The van der Waals surface area contributed by atoms with Gasteiger partial charge in [-0.25, -0.2) is 4.39 Å². The highest BCUT2D eigenvalue weighted by molar-refractivity contribution is 6.01. The van der Waals surface area contributed by atoms with Crippen molar-refractivity contribution in [1.82, 2.24) is 5.32 Å². The van der Waals surface area contributed by atoms with Crippen LogP contribution in [0.2, 0.25) is 0 Å². The van der Waals surface area contributed by atoms with Crippen molar-refractivity contribution >= 4 is 11.8 Å². The fraction of sp³-hybridized carbons (Fsp3) is 0.467. The highest BCUT2D eigenvalue weighted by atomic mass is 19.1. The summed E-state index contributed by atoms with van der Waals surface area (Å²) in [6.45, 7) is 3.28. The topological polar surface area (TPSA) is 75.6 Å². The lowest BCUT2D eigenvalue weighted by atomic mass is 9.99. The molecule has 116 valence electrons. The number of rotatable bonds is 7. The summed E-state index contributed by atoms with van der Waals surface area (Å²) in [5.74, 6) is -1.28. The smallest absolute Gasteiger partial charge is 0.307 e. The highest BCUT2D eigenvalue weighted by Gasteiger charge is 2.24. The van der Waals surface area contributed by atoms with E-state index in [0.29, 0.717) is 11.1 Å². The number of hydrogen-bond acceptors (Lipinski definition) is 5. The number of methoxy groups -OCH3 is 1. The number of aryl methyl sites for hydroxylation is 1. The number of nitrogens with one attached hydrogen (secondary N) is 1. The summed E-state index contributed by atoms with van der Waals surface area (Å²) in [6, 6.07) is 3.20. The van der Waals surface area contributed by atoms with Gasteiger partial charge in [-0.1, -0.05) is 0 Å². The summed E-state index contributed by atoms with van der Waals surface area (Å²) < 4.78 is 17.8. The molecular weight excluding hydrogens is 277 g/mol. The normalized spacial score (nSPS) is 13.6. The number of Topliss-reactive ketones (excluding diaryl/α,β-unsaturated/α-hetero) is 1. The lowest BCUT2D eigenvalue weighted by molar-refractivity contribution is -0.141. The Kier molecular flexibility index (Phi) is 6.45. The van der Waals surface area contributed by atoms with Crippen molar-refractivity contribution in [2.24, 2.45) is 0 Å². The van der Waals surface area contributed by atoms with E-state index in [1.54, 1.807) is 13.8 Å². The number of aliphatic hydroxyl groups is 1. The number of benzene rings is 1. The molecule has 0 saturated carbocycles. The summed E-state index contributed by atoms with van der Waals surface area (Å²) in [6.07, 6.45) is -0.814. The summed E-state index contributed by atoms with van der Waals surface area (Å²) in [4.78, 5) is 23.8. The van der Waals surface area contributed by atoms with Gasteiger partial charge in [-0.3, -0.25) is 9.59 Å². The van der Waals surface area contributed by atoms with Gasteiger partial charge in [0.15, 0.2) is 5.78 Å². The standard InChI is InChI=1S/C15H20FNO4/c1-9-6-11(4-5-12(9)16)15(20)13(7-14(19)21-3)17-8-10(2)18/h4-6,10,13,17-18H,7-8H2,1-3H3. The summed E-state index contributed by atoms with van der Waals surface area (Å²) in [5.41, 5.74) is 0.661. The van der Waals surface area contributed by atoms with E-state index in [9.17, 15) is 19.1 Å². The van der Waals surface area contributed by atoms with Crippen LogP contribution in [0.3, 0.4) is 0 Å². The van der Waals surface area contributed by atoms with Gasteiger partial charge in [0, 0.05) is 12.1 Å². The summed E-state index contributed by atoms with van der Waals surface area (Å²) >= 11 is 0. The van der Waals surface area contributed by atoms with Crippen LogP contribution >= 0.6 is 0 Å². The Morgan fingerprint density at radius 3 is 2.62 bits per heavy atom. The van der Waals surface area contributed by atoms with Crippen molar-refractivity contribution in [3.05, 3.63) is 35.1 Å². The van der Waals surface area contributed by atoms with Gasteiger partial charge in [0.1, 0.15) is 5.82 Å². The van der Waals surface area contributed by atoms with Crippen LogP contribution in [0.25, 0.3) is 0 Å². The molecule has 2 unspecified atom stereocenters. The second kappa shape index (κ2) is 7.85. The van der Waals surface area contributed by atoms with Crippen molar-refractivity contribution in [2.45, 2.75) is 32.4 Å². The average molecular weight is 297 g/mol. The minimum atomic E-state index is -0.822. The van der Waals surface area contributed by atoms with Crippen LogP contribution in [0.15, 0.2) is 18.2 Å². The van der Waals surface area contributed by atoms with Gasteiger partial charge in [-0.2, -0.15) is 0 Å². The molecule has 0 spiro atoms. The molecule has 0 saturated heterocycles. The number of ether oxygens (including phenoxy) is 1. The van der Waals surface area contributed by atoms with E-state index >= 15 is 0 Å². The number of aliphatic hydroxyl groups excluding tert-OH is 1. The van der Waals surface area contributed by atoms with Gasteiger partial charge in [-0.15, -0.1) is 0 Å². The molecule has 0 aliphatic heterocycles. The lowest BCUT2D eigenvalue weighted by Crippen LogP contribution is -2.42. The zero-order valence-electron chi connectivity index (χ0n) is 12.4. The number of hydrogen-bond donors (Lipinski definition) is 2. The van der Waals surface area contributed by atoms with E-state index in [4.69, 9.17) is 0 Å². The molecule has 0 fully saturated rings. The van der Waals surface area contributed by atoms with Crippen molar-refractivity contribution in [3.8, 4) is 0 Å². The molecule has 5 nitrogen and oxygen atoms in total. The van der Waals surface area contributed by atoms with E-state index < -0.39 is 23.9 Å². The molecule has 0 aromatic heterocycles. The Morgan fingerprint density at radius 1 is 1.43 bits per heavy atom. The Morgan fingerprint density at radius 2 is 2.10 bits per heavy atom. The molecule has 0 aliphatic rings. The minimum absolute atomic E-state index is 0.154. The molecule has 1 aromatic rings.